The number of benzene rings is 1. The summed E-state index contributed by atoms with van der Waals surface area (Å²) in [7, 11) is 0. The van der Waals surface area contributed by atoms with Gasteiger partial charge in [-0.25, -0.2) is 4.79 Å². The zero-order valence-corrected chi connectivity index (χ0v) is 14.9. The summed E-state index contributed by atoms with van der Waals surface area (Å²) in [4.78, 5) is 14.3. The van der Waals surface area contributed by atoms with E-state index in [1.807, 2.05) is 36.4 Å². The van der Waals surface area contributed by atoms with E-state index < -0.39 is 0 Å². The number of aromatic nitrogens is 2. The lowest BCUT2D eigenvalue weighted by molar-refractivity contribution is 0.261. The molecule has 2 aromatic heterocycles. The molecular formula is C20H21N5O2. The van der Waals surface area contributed by atoms with Crippen molar-refractivity contribution in [3.8, 4) is 11.3 Å². The summed E-state index contributed by atoms with van der Waals surface area (Å²) in [5.74, 6) is 1.31. The Morgan fingerprint density at radius 2 is 1.85 bits per heavy atom. The first kappa shape index (κ1) is 17.1. The van der Waals surface area contributed by atoms with Crippen LogP contribution in [0.25, 0.3) is 11.3 Å². The van der Waals surface area contributed by atoms with Crippen molar-refractivity contribution < 1.29 is 9.21 Å². The Morgan fingerprint density at radius 3 is 2.59 bits per heavy atom. The molecule has 0 spiro atoms. The largest absolute Gasteiger partial charge is 0.449 e. The van der Waals surface area contributed by atoms with Gasteiger partial charge in [-0.2, -0.15) is 0 Å². The maximum Gasteiger partial charge on any atom is 0.326 e. The molecule has 4 rings (SSSR count). The number of rotatable bonds is 4. The van der Waals surface area contributed by atoms with Crippen molar-refractivity contribution in [1.82, 2.24) is 10.2 Å². The molecule has 7 heteroatoms. The molecule has 1 saturated heterocycles. The molecule has 2 N–H and O–H groups in total. The molecule has 1 fully saturated rings. The smallest absolute Gasteiger partial charge is 0.326 e. The van der Waals surface area contributed by atoms with E-state index in [1.165, 1.54) is 25.5 Å². The first-order valence-electron chi connectivity index (χ1n) is 9.08. The normalized spacial score (nSPS) is 14.0. The molecular weight excluding hydrogens is 342 g/mol. The van der Waals surface area contributed by atoms with E-state index in [0.717, 1.165) is 30.2 Å². The molecule has 0 unspecified atom stereocenters. The molecule has 1 aliphatic heterocycles. The van der Waals surface area contributed by atoms with Crippen LogP contribution in [0.15, 0.2) is 59.2 Å². The van der Waals surface area contributed by atoms with Crippen LogP contribution < -0.4 is 15.5 Å². The van der Waals surface area contributed by atoms with Crippen LogP contribution in [0.2, 0.25) is 0 Å². The second kappa shape index (κ2) is 7.90. The number of anilines is 3. The molecule has 0 aliphatic carbocycles. The molecule has 7 nitrogen and oxygen atoms in total. The van der Waals surface area contributed by atoms with E-state index in [1.54, 1.807) is 12.1 Å². The van der Waals surface area contributed by atoms with Gasteiger partial charge >= 0.3 is 6.03 Å². The summed E-state index contributed by atoms with van der Waals surface area (Å²) in [5.41, 5.74) is 2.33. The van der Waals surface area contributed by atoms with Crippen LogP contribution in [-0.4, -0.2) is 29.3 Å². The number of amides is 2. The lowest BCUT2D eigenvalue weighted by Gasteiger charge is -2.27. The molecule has 0 atom stereocenters. The molecule has 0 bridgehead atoms. The number of carbonyl (C=O) groups excluding carboxylic acids is 1. The average molecular weight is 363 g/mol. The predicted molar refractivity (Wildman–Crippen MR) is 105 cm³/mol. The first-order valence-corrected chi connectivity index (χ1v) is 9.08. The Morgan fingerprint density at radius 1 is 0.963 bits per heavy atom. The Hall–Kier alpha value is -3.35. The van der Waals surface area contributed by atoms with Crippen LogP contribution in [0, 0.1) is 0 Å². The summed E-state index contributed by atoms with van der Waals surface area (Å²) >= 11 is 0. The number of furan rings is 1. The Bertz CT molecular complexity index is 887. The van der Waals surface area contributed by atoms with Crippen LogP contribution in [0.4, 0.5) is 22.2 Å². The number of hydrogen-bond donors (Lipinski definition) is 2. The highest BCUT2D eigenvalue weighted by molar-refractivity contribution is 5.99. The van der Waals surface area contributed by atoms with Crippen molar-refractivity contribution in [1.29, 1.82) is 0 Å². The maximum atomic E-state index is 12.0. The average Bonchev–Trinajstić information content (AvgIpc) is 3.22. The summed E-state index contributed by atoms with van der Waals surface area (Å²) in [5, 5.41) is 14.2. The second-order valence-electron chi connectivity index (χ2n) is 6.46. The van der Waals surface area contributed by atoms with Gasteiger partial charge in [-0.05, 0) is 49.6 Å². The fraction of sp³-hybridized carbons (Fsp3) is 0.250. The third kappa shape index (κ3) is 4.25. The van der Waals surface area contributed by atoms with Crippen LogP contribution in [0.5, 0.6) is 0 Å². The van der Waals surface area contributed by atoms with Crippen LogP contribution >= 0.6 is 0 Å². The molecule has 27 heavy (non-hydrogen) atoms. The third-order valence-electron chi connectivity index (χ3n) is 4.50. The topological polar surface area (TPSA) is 83.3 Å². The number of nitrogens with one attached hydrogen (secondary N) is 2. The zero-order valence-electron chi connectivity index (χ0n) is 14.9. The summed E-state index contributed by atoms with van der Waals surface area (Å²) < 4.78 is 5.10. The molecule has 1 aliphatic rings. The second-order valence-corrected chi connectivity index (χ2v) is 6.46. The SMILES string of the molecule is O=C(Nc1cccc(-c2ccc(N3CCCCC3)nn2)c1)Nc1ccco1. The van der Waals surface area contributed by atoms with E-state index in [4.69, 9.17) is 4.42 Å². The van der Waals surface area contributed by atoms with Crippen molar-refractivity contribution in [2.45, 2.75) is 19.3 Å². The minimum atomic E-state index is -0.367. The molecule has 0 radical (unpaired) electrons. The maximum absolute atomic E-state index is 12.0. The van der Waals surface area contributed by atoms with Crippen molar-refractivity contribution >= 4 is 23.4 Å². The number of nitrogens with zero attached hydrogens (tertiary/aromatic N) is 3. The monoisotopic (exact) mass is 363 g/mol. The van der Waals surface area contributed by atoms with Gasteiger partial charge in [-0.3, -0.25) is 5.32 Å². The molecule has 3 aromatic rings. The summed E-state index contributed by atoms with van der Waals surface area (Å²) in [6, 6.07) is 14.5. The third-order valence-corrected chi connectivity index (χ3v) is 4.50. The predicted octanol–water partition coefficient (Wildman–Crippen LogP) is 4.37. The van der Waals surface area contributed by atoms with Gasteiger partial charge in [-0.15, -0.1) is 10.2 Å². The highest BCUT2D eigenvalue weighted by Crippen LogP contribution is 2.23. The molecule has 0 saturated carbocycles. The summed E-state index contributed by atoms with van der Waals surface area (Å²) in [6.45, 7) is 2.08. The van der Waals surface area contributed by atoms with Crippen molar-refractivity contribution in [2.24, 2.45) is 0 Å². The molecule has 138 valence electrons. The lowest BCUT2D eigenvalue weighted by atomic mass is 10.1. The Kier molecular flexibility index (Phi) is 5.00. The van der Waals surface area contributed by atoms with Crippen LogP contribution in [-0.2, 0) is 0 Å². The zero-order chi connectivity index (χ0) is 18.5. The fourth-order valence-corrected chi connectivity index (χ4v) is 3.15. The van der Waals surface area contributed by atoms with Crippen molar-refractivity contribution in [3.63, 3.8) is 0 Å². The fourth-order valence-electron chi connectivity index (χ4n) is 3.15. The van der Waals surface area contributed by atoms with Gasteiger partial charge in [0.25, 0.3) is 0 Å². The van der Waals surface area contributed by atoms with Gasteiger partial charge in [-0.1, -0.05) is 12.1 Å². The minimum absolute atomic E-state index is 0.367. The van der Waals surface area contributed by atoms with E-state index >= 15 is 0 Å². The van der Waals surface area contributed by atoms with E-state index in [9.17, 15) is 4.79 Å². The van der Waals surface area contributed by atoms with E-state index in [0.29, 0.717) is 11.6 Å². The highest BCUT2D eigenvalue weighted by atomic mass is 16.3. The van der Waals surface area contributed by atoms with Gasteiger partial charge in [0.2, 0.25) is 5.88 Å². The number of carbonyl (C=O) groups is 1. The van der Waals surface area contributed by atoms with Crippen LogP contribution in [0.1, 0.15) is 19.3 Å². The lowest BCUT2D eigenvalue weighted by Crippen LogP contribution is -2.30. The quantitative estimate of drug-likeness (QED) is 0.719. The molecule has 2 amide bonds. The van der Waals surface area contributed by atoms with Crippen molar-refractivity contribution in [2.75, 3.05) is 28.6 Å². The summed E-state index contributed by atoms with van der Waals surface area (Å²) in [6.07, 6.45) is 5.20. The standard InChI is InChI=1S/C20H21N5O2/c26-20(22-19-8-5-13-27-19)21-16-7-4-6-15(14-16)17-9-10-18(24-23-17)25-11-2-1-3-12-25/h4-10,13-14H,1-3,11-12H2,(H2,21,22,26). The van der Waals surface area contributed by atoms with Gasteiger partial charge in [0.1, 0.15) is 0 Å². The van der Waals surface area contributed by atoms with E-state index in [2.05, 4.69) is 25.7 Å². The van der Waals surface area contributed by atoms with Crippen LogP contribution in [0.3, 0.4) is 0 Å². The Balaban J connectivity index is 1.44. The van der Waals surface area contributed by atoms with Gasteiger partial charge < -0.3 is 14.6 Å². The first-order chi connectivity index (χ1) is 13.3. The van der Waals surface area contributed by atoms with Gasteiger partial charge in [0, 0.05) is 30.4 Å². The number of piperidine rings is 1. The number of hydrogen-bond acceptors (Lipinski definition) is 5. The molecule has 1 aromatic carbocycles. The highest BCUT2D eigenvalue weighted by Gasteiger charge is 2.13. The van der Waals surface area contributed by atoms with E-state index in [-0.39, 0.29) is 6.03 Å². The van der Waals surface area contributed by atoms with Crippen molar-refractivity contribution in [3.05, 3.63) is 54.8 Å². The number of urea groups is 1. The Labute approximate surface area is 157 Å². The molecule has 3 heterocycles. The van der Waals surface area contributed by atoms with Gasteiger partial charge in [0.15, 0.2) is 5.82 Å². The van der Waals surface area contributed by atoms with Gasteiger partial charge in [0.05, 0.1) is 12.0 Å². The minimum Gasteiger partial charge on any atom is -0.449 e.